The number of guanidine groups is 1. The van der Waals surface area contributed by atoms with E-state index in [4.69, 9.17) is 15.2 Å². The average molecular weight is 367 g/mol. The van der Waals surface area contributed by atoms with Gasteiger partial charge in [0.05, 0.1) is 26.4 Å². The lowest BCUT2D eigenvalue weighted by molar-refractivity contribution is 0.160. The van der Waals surface area contributed by atoms with Crippen LogP contribution in [0.5, 0.6) is 0 Å². The molecule has 0 aromatic rings. The van der Waals surface area contributed by atoms with Crippen molar-refractivity contribution in [2.75, 3.05) is 26.4 Å². The van der Waals surface area contributed by atoms with Crippen molar-refractivity contribution in [1.82, 2.24) is 0 Å². The first kappa shape index (κ1) is 26.4. The van der Waals surface area contributed by atoms with Crippen LogP contribution in [0, 0.1) is 5.41 Å². The van der Waals surface area contributed by atoms with E-state index < -0.39 is 15.6 Å². The Hall–Kier alpha value is -0.510. The van der Waals surface area contributed by atoms with Gasteiger partial charge in [0.2, 0.25) is 0 Å². The minimum absolute atomic E-state index is 0.188. The molecule has 13 heteroatoms. The van der Waals surface area contributed by atoms with Gasteiger partial charge in [-0.25, -0.2) is 9.13 Å². The zero-order chi connectivity index (χ0) is 18.2. The quantitative estimate of drug-likeness (QED) is 0.236. The Morgan fingerprint density at radius 1 is 0.818 bits per heavy atom. The molecule has 136 valence electrons. The van der Waals surface area contributed by atoms with Crippen molar-refractivity contribution < 1.29 is 37.0 Å². The van der Waals surface area contributed by atoms with E-state index in [1.807, 2.05) is 0 Å². The summed E-state index contributed by atoms with van der Waals surface area (Å²) in [5, 5.41) is 6.06. The van der Waals surface area contributed by atoms with E-state index in [9.17, 15) is 9.13 Å². The summed E-state index contributed by atoms with van der Waals surface area (Å²) < 4.78 is 38.5. The molecule has 0 heterocycles. The van der Waals surface area contributed by atoms with Crippen LogP contribution >= 0.6 is 15.6 Å². The summed E-state index contributed by atoms with van der Waals surface area (Å²) in [5.41, 5.74) is 8.94. The molecule has 0 radical (unpaired) electrons. The maximum absolute atomic E-state index is 10.5. The summed E-state index contributed by atoms with van der Waals surface area (Å²) in [6, 6.07) is 0. The number of nitrogens with one attached hydrogen (secondary N) is 1. The lowest BCUT2D eigenvalue weighted by Gasteiger charge is -2.07. The predicted octanol–water partition coefficient (Wildman–Crippen LogP) is 1.16. The molecule has 22 heavy (non-hydrogen) atoms. The van der Waals surface area contributed by atoms with Crippen molar-refractivity contribution in [3.05, 3.63) is 0 Å². The van der Waals surface area contributed by atoms with Crippen LogP contribution in [0.15, 0.2) is 0 Å². The van der Waals surface area contributed by atoms with Gasteiger partial charge in [0.1, 0.15) is 0 Å². The molecule has 0 spiro atoms. The van der Waals surface area contributed by atoms with Gasteiger partial charge >= 0.3 is 15.6 Å². The van der Waals surface area contributed by atoms with Crippen LogP contribution < -0.4 is 11.5 Å². The van der Waals surface area contributed by atoms with Crippen LogP contribution in [0.25, 0.3) is 0 Å². The van der Waals surface area contributed by atoms with Crippen LogP contribution in [0.4, 0.5) is 0 Å². The van der Waals surface area contributed by atoms with Gasteiger partial charge in [0.15, 0.2) is 5.96 Å². The molecule has 0 aromatic carbocycles. The number of hydrogen-bond donors (Lipinski definition) is 5. The minimum atomic E-state index is -3.69. The third kappa shape index (κ3) is 27.8. The molecule has 0 atom stereocenters. The molecule has 0 amide bonds. The monoisotopic (exact) mass is 367 g/mol. The van der Waals surface area contributed by atoms with Gasteiger partial charge in [-0.2, -0.15) is 0 Å². The lowest BCUT2D eigenvalue weighted by atomic mass is 10.9. The van der Waals surface area contributed by atoms with Crippen molar-refractivity contribution in [3.63, 3.8) is 0 Å². The van der Waals surface area contributed by atoms with Gasteiger partial charge < -0.3 is 21.3 Å². The summed E-state index contributed by atoms with van der Waals surface area (Å²) in [7, 11) is -7.39. The molecule has 0 bridgehead atoms. The second-order valence-electron chi connectivity index (χ2n) is 3.06. The van der Waals surface area contributed by atoms with Crippen LogP contribution in [0.2, 0.25) is 0 Å². The van der Waals surface area contributed by atoms with Crippen LogP contribution in [-0.2, 0) is 27.2 Å². The molecular formula is C9H27N3O8P2. The van der Waals surface area contributed by atoms with Crippen molar-refractivity contribution in [1.29, 1.82) is 5.41 Å². The fraction of sp³-hybridized carbons (Fsp3) is 0.889. The lowest BCUT2D eigenvalue weighted by Crippen LogP contribution is -2.20. The first-order valence-electron chi connectivity index (χ1n) is 6.31. The Balaban J connectivity index is -0.000000266. The maximum Gasteiger partial charge on any atom is 0.472 e. The highest BCUT2D eigenvalue weighted by Crippen LogP contribution is 2.42. The Bertz CT molecular complexity index is 317. The van der Waals surface area contributed by atoms with Gasteiger partial charge in [-0.15, -0.1) is 0 Å². The zero-order valence-electron chi connectivity index (χ0n) is 13.2. The highest BCUT2D eigenvalue weighted by atomic mass is 31.2. The molecule has 0 aromatic heterocycles. The van der Waals surface area contributed by atoms with Crippen molar-refractivity contribution in [2.45, 2.75) is 27.7 Å². The second-order valence-corrected chi connectivity index (χ2v) is 5.97. The van der Waals surface area contributed by atoms with Crippen molar-refractivity contribution in [3.8, 4) is 0 Å². The summed E-state index contributed by atoms with van der Waals surface area (Å²) in [6.45, 7) is 7.26. The Morgan fingerprint density at radius 2 is 0.955 bits per heavy atom. The topological polar surface area (TPSA) is 187 Å². The molecule has 0 aliphatic heterocycles. The number of phosphoric ester groups is 2. The molecule has 0 aliphatic rings. The molecule has 7 N–H and O–H groups in total. The number of hydrogen-bond acceptors (Lipinski definition) is 7. The third-order valence-electron chi connectivity index (χ3n) is 1.17. The highest BCUT2D eigenvalue weighted by Gasteiger charge is 2.18. The van der Waals surface area contributed by atoms with E-state index in [1.165, 1.54) is 0 Å². The predicted molar refractivity (Wildman–Crippen MR) is 82.3 cm³/mol. The molecule has 0 unspecified atom stereocenters. The van der Waals surface area contributed by atoms with Crippen molar-refractivity contribution >= 4 is 21.6 Å². The fourth-order valence-corrected chi connectivity index (χ4v) is 2.18. The Kier molecular flexibility index (Phi) is 18.5. The van der Waals surface area contributed by atoms with Gasteiger partial charge in [0, 0.05) is 0 Å². The average Bonchev–Trinajstić information content (AvgIpc) is 2.28. The fourth-order valence-electron chi connectivity index (χ4n) is 0.727. The summed E-state index contributed by atoms with van der Waals surface area (Å²) in [4.78, 5) is 17.3. The summed E-state index contributed by atoms with van der Waals surface area (Å²) in [6.07, 6.45) is 0. The highest BCUT2D eigenvalue weighted by molar-refractivity contribution is 7.47. The first-order chi connectivity index (χ1) is 9.97. The van der Waals surface area contributed by atoms with E-state index >= 15 is 0 Å². The largest absolute Gasteiger partial charge is 0.472 e. The van der Waals surface area contributed by atoms with Gasteiger partial charge in [-0.1, -0.05) is 0 Å². The van der Waals surface area contributed by atoms with Crippen LogP contribution in [0.3, 0.4) is 0 Å². The minimum Gasteiger partial charge on any atom is -0.370 e. The van der Waals surface area contributed by atoms with Gasteiger partial charge in [0.25, 0.3) is 0 Å². The molecule has 0 fully saturated rings. The summed E-state index contributed by atoms with van der Waals surface area (Å²) in [5.74, 6) is -0.333. The van der Waals surface area contributed by atoms with E-state index in [-0.39, 0.29) is 32.4 Å². The van der Waals surface area contributed by atoms with E-state index in [0.717, 1.165) is 0 Å². The normalized spacial score (nSPS) is 10.8. The molecule has 11 nitrogen and oxygen atoms in total. The molecule has 0 saturated carbocycles. The smallest absolute Gasteiger partial charge is 0.370 e. The van der Waals surface area contributed by atoms with Crippen molar-refractivity contribution in [2.24, 2.45) is 11.5 Å². The molecule has 0 rings (SSSR count). The van der Waals surface area contributed by atoms with E-state index in [1.54, 1.807) is 27.7 Å². The molecular weight excluding hydrogens is 340 g/mol. The van der Waals surface area contributed by atoms with Crippen LogP contribution in [0.1, 0.15) is 27.7 Å². The third-order valence-corrected chi connectivity index (χ3v) is 3.51. The van der Waals surface area contributed by atoms with Gasteiger partial charge in [-0.05, 0) is 27.7 Å². The van der Waals surface area contributed by atoms with Gasteiger partial charge in [-0.3, -0.25) is 23.5 Å². The number of rotatable bonds is 8. The maximum atomic E-state index is 10.5. The summed E-state index contributed by atoms with van der Waals surface area (Å²) >= 11 is 0. The number of phosphoric acid groups is 2. The standard InChI is InChI=1S/2C4H11O4P.CH5N3/c2*1-3-7-9(5,6)8-4-2;2-1(3)4/h2*3-4H2,1-2H3,(H,5,6);(H5,2,3,4). The van der Waals surface area contributed by atoms with E-state index in [0.29, 0.717) is 0 Å². The molecule has 0 saturated heterocycles. The van der Waals surface area contributed by atoms with E-state index in [2.05, 4.69) is 29.6 Å². The molecule has 0 aliphatic carbocycles. The SMILES string of the molecule is CCOP(=O)(O)OCC.CCOP(=O)(O)OCC.N=C(N)N. The first-order valence-corrected chi connectivity index (χ1v) is 9.30. The van der Waals surface area contributed by atoms with Crippen LogP contribution in [-0.4, -0.2) is 42.2 Å². The zero-order valence-corrected chi connectivity index (χ0v) is 15.0. The number of nitrogens with two attached hydrogens (primary N) is 2. The second kappa shape index (κ2) is 15.4. The Morgan fingerprint density at radius 3 is 1.05 bits per heavy atom. The Labute approximate surface area is 130 Å².